The third kappa shape index (κ3) is 3.47. The molecule has 19 heavy (non-hydrogen) atoms. The summed E-state index contributed by atoms with van der Waals surface area (Å²) in [6.07, 6.45) is 7.19. The maximum absolute atomic E-state index is 12.0. The minimum absolute atomic E-state index is 0.00447. The molecule has 5 N–H and O–H groups in total. The molecule has 2 aliphatic rings. The lowest BCUT2D eigenvalue weighted by Gasteiger charge is -2.40. The van der Waals surface area contributed by atoms with Crippen LogP contribution in [-0.2, 0) is 9.59 Å². The summed E-state index contributed by atoms with van der Waals surface area (Å²) in [4.78, 5) is 23.1. The molecule has 108 valence electrons. The molecule has 0 aromatic carbocycles. The van der Waals surface area contributed by atoms with E-state index in [4.69, 9.17) is 11.5 Å². The fourth-order valence-electron chi connectivity index (χ4n) is 3.27. The van der Waals surface area contributed by atoms with Gasteiger partial charge in [-0.1, -0.05) is 6.42 Å². The van der Waals surface area contributed by atoms with Gasteiger partial charge in [0.1, 0.15) is 0 Å². The molecular weight excluding hydrogens is 242 g/mol. The number of rotatable bonds is 5. The Morgan fingerprint density at radius 3 is 2.21 bits per heavy atom. The van der Waals surface area contributed by atoms with Crippen molar-refractivity contribution in [1.29, 1.82) is 0 Å². The van der Waals surface area contributed by atoms with Crippen molar-refractivity contribution >= 4 is 11.8 Å². The van der Waals surface area contributed by atoms with Crippen LogP contribution in [0.2, 0.25) is 0 Å². The topological polar surface area (TPSA) is 98.2 Å². The van der Waals surface area contributed by atoms with Gasteiger partial charge in [-0.3, -0.25) is 9.59 Å². The second-order valence-corrected chi connectivity index (χ2v) is 6.25. The quantitative estimate of drug-likeness (QED) is 0.682. The van der Waals surface area contributed by atoms with Crippen LogP contribution in [0, 0.1) is 11.3 Å². The monoisotopic (exact) mass is 267 g/mol. The summed E-state index contributed by atoms with van der Waals surface area (Å²) in [5.74, 6) is -0.0934. The second-order valence-electron chi connectivity index (χ2n) is 6.25. The molecule has 0 aromatic rings. The number of hydrogen-bond acceptors (Lipinski definition) is 3. The number of carbonyl (C=O) groups is 2. The summed E-state index contributed by atoms with van der Waals surface area (Å²) >= 11 is 0. The summed E-state index contributed by atoms with van der Waals surface area (Å²) in [6, 6.07) is 0.206. The highest BCUT2D eigenvalue weighted by Crippen LogP contribution is 2.42. The van der Waals surface area contributed by atoms with Gasteiger partial charge in [0, 0.05) is 18.4 Å². The van der Waals surface area contributed by atoms with Gasteiger partial charge in [0.25, 0.3) is 0 Å². The molecule has 5 heteroatoms. The van der Waals surface area contributed by atoms with E-state index >= 15 is 0 Å². The SMILES string of the molecule is NCC1(CC(=O)NC2CCC(C(N)=O)CC2)CCC1. The van der Waals surface area contributed by atoms with Crippen molar-refractivity contribution < 1.29 is 9.59 Å². The molecule has 5 nitrogen and oxygen atoms in total. The molecule has 2 saturated carbocycles. The Labute approximate surface area is 114 Å². The van der Waals surface area contributed by atoms with Crippen molar-refractivity contribution in [3.63, 3.8) is 0 Å². The summed E-state index contributed by atoms with van der Waals surface area (Å²) in [7, 11) is 0. The molecular formula is C14H25N3O2. The van der Waals surface area contributed by atoms with Crippen molar-refractivity contribution in [3.8, 4) is 0 Å². The molecule has 0 saturated heterocycles. The number of nitrogens with two attached hydrogens (primary N) is 2. The maximum atomic E-state index is 12.0. The Morgan fingerprint density at radius 1 is 1.16 bits per heavy atom. The molecule has 0 aromatic heterocycles. The second kappa shape index (κ2) is 5.90. The molecule has 0 aliphatic heterocycles. The van der Waals surface area contributed by atoms with Gasteiger partial charge >= 0.3 is 0 Å². The van der Waals surface area contributed by atoms with Gasteiger partial charge < -0.3 is 16.8 Å². The minimum atomic E-state index is -0.207. The zero-order valence-electron chi connectivity index (χ0n) is 11.5. The van der Waals surface area contributed by atoms with Crippen molar-refractivity contribution in [2.75, 3.05) is 6.54 Å². The van der Waals surface area contributed by atoms with E-state index in [2.05, 4.69) is 5.32 Å². The van der Waals surface area contributed by atoms with E-state index < -0.39 is 0 Å². The van der Waals surface area contributed by atoms with Gasteiger partial charge in [-0.2, -0.15) is 0 Å². The van der Waals surface area contributed by atoms with Crippen LogP contribution in [0.5, 0.6) is 0 Å². The van der Waals surface area contributed by atoms with Crippen LogP contribution >= 0.6 is 0 Å². The molecule has 2 fully saturated rings. The normalized spacial score (nSPS) is 29.3. The van der Waals surface area contributed by atoms with E-state index in [0.717, 1.165) is 38.5 Å². The number of hydrogen-bond donors (Lipinski definition) is 3. The van der Waals surface area contributed by atoms with Crippen molar-refractivity contribution in [2.45, 2.75) is 57.4 Å². The smallest absolute Gasteiger partial charge is 0.220 e. The van der Waals surface area contributed by atoms with Gasteiger partial charge in [-0.05, 0) is 50.5 Å². The third-order valence-electron chi connectivity index (χ3n) is 4.88. The first-order valence-corrected chi connectivity index (χ1v) is 7.33. The Morgan fingerprint density at radius 2 is 1.79 bits per heavy atom. The summed E-state index contributed by atoms with van der Waals surface area (Å²) in [6.45, 7) is 0.606. The van der Waals surface area contributed by atoms with E-state index in [9.17, 15) is 9.59 Å². The van der Waals surface area contributed by atoms with Gasteiger partial charge in [0.05, 0.1) is 0 Å². The van der Waals surface area contributed by atoms with E-state index in [1.165, 1.54) is 6.42 Å². The predicted molar refractivity (Wildman–Crippen MR) is 73.0 cm³/mol. The number of nitrogens with one attached hydrogen (secondary N) is 1. The first-order chi connectivity index (χ1) is 9.04. The van der Waals surface area contributed by atoms with Gasteiger partial charge in [0.2, 0.25) is 11.8 Å². The molecule has 0 spiro atoms. The van der Waals surface area contributed by atoms with E-state index in [-0.39, 0.29) is 29.2 Å². The predicted octanol–water partition coefficient (Wildman–Crippen LogP) is 0.666. The van der Waals surface area contributed by atoms with Crippen molar-refractivity contribution in [1.82, 2.24) is 5.32 Å². The van der Waals surface area contributed by atoms with Crippen LogP contribution in [0.4, 0.5) is 0 Å². The average molecular weight is 267 g/mol. The van der Waals surface area contributed by atoms with E-state index in [1.54, 1.807) is 0 Å². The average Bonchev–Trinajstić information content (AvgIpc) is 2.34. The molecule has 2 amide bonds. The first-order valence-electron chi connectivity index (χ1n) is 7.33. The Kier molecular flexibility index (Phi) is 4.45. The number of carbonyl (C=O) groups excluding carboxylic acids is 2. The first kappa shape index (κ1) is 14.3. The highest BCUT2D eigenvalue weighted by molar-refractivity contribution is 5.78. The van der Waals surface area contributed by atoms with Crippen LogP contribution in [0.3, 0.4) is 0 Å². The molecule has 0 radical (unpaired) electrons. The van der Waals surface area contributed by atoms with Crippen molar-refractivity contribution in [2.24, 2.45) is 22.8 Å². The lowest BCUT2D eigenvalue weighted by atomic mass is 9.66. The molecule has 0 bridgehead atoms. The lowest BCUT2D eigenvalue weighted by molar-refractivity contribution is -0.125. The fraction of sp³-hybridized carbons (Fsp3) is 0.857. The Hall–Kier alpha value is -1.10. The van der Waals surface area contributed by atoms with E-state index in [1.807, 2.05) is 0 Å². The van der Waals surface area contributed by atoms with Gasteiger partial charge in [-0.15, -0.1) is 0 Å². The van der Waals surface area contributed by atoms with Gasteiger partial charge in [-0.25, -0.2) is 0 Å². The Balaban J connectivity index is 1.73. The fourth-order valence-corrected chi connectivity index (χ4v) is 3.27. The highest BCUT2D eigenvalue weighted by atomic mass is 16.2. The van der Waals surface area contributed by atoms with E-state index in [0.29, 0.717) is 13.0 Å². The molecule has 0 atom stereocenters. The standard InChI is InChI=1S/C14H25N3O2/c15-9-14(6-1-7-14)8-12(18)17-11-4-2-10(3-5-11)13(16)19/h10-11H,1-9,15H2,(H2,16,19)(H,17,18). The van der Waals surface area contributed by atoms with Gasteiger partial charge in [0.15, 0.2) is 0 Å². The maximum Gasteiger partial charge on any atom is 0.220 e. The van der Waals surface area contributed by atoms with Crippen LogP contribution < -0.4 is 16.8 Å². The molecule has 0 unspecified atom stereocenters. The lowest BCUT2D eigenvalue weighted by Crippen LogP contribution is -2.45. The van der Waals surface area contributed by atoms with Crippen LogP contribution in [0.15, 0.2) is 0 Å². The van der Waals surface area contributed by atoms with Crippen LogP contribution in [0.25, 0.3) is 0 Å². The molecule has 2 rings (SSSR count). The number of primary amides is 1. The summed E-state index contributed by atoms with van der Waals surface area (Å²) in [5, 5.41) is 3.09. The molecule has 2 aliphatic carbocycles. The molecule has 0 heterocycles. The third-order valence-corrected chi connectivity index (χ3v) is 4.88. The summed E-state index contributed by atoms with van der Waals surface area (Å²) in [5.41, 5.74) is 11.1. The largest absolute Gasteiger partial charge is 0.369 e. The minimum Gasteiger partial charge on any atom is -0.369 e. The van der Waals surface area contributed by atoms with Crippen LogP contribution in [-0.4, -0.2) is 24.4 Å². The highest BCUT2D eigenvalue weighted by Gasteiger charge is 2.38. The van der Waals surface area contributed by atoms with Crippen LogP contribution in [0.1, 0.15) is 51.4 Å². The van der Waals surface area contributed by atoms with Crippen molar-refractivity contribution in [3.05, 3.63) is 0 Å². The zero-order chi connectivity index (χ0) is 13.9. The number of amides is 2. The summed E-state index contributed by atoms with van der Waals surface area (Å²) < 4.78 is 0. The Bertz CT molecular complexity index is 339. The zero-order valence-corrected chi connectivity index (χ0v) is 11.5.